The van der Waals surface area contributed by atoms with Crippen molar-refractivity contribution in [2.24, 2.45) is 0 Å². The Balaban J connectivity index is 2.53. The Morgan fingerprint density at radius 1 is 0.722 bits per heavy atom. The Labute approximate surface area is 134 Å². The van der Waals surface area contributed by atoms with Gasteiger partial charge in [0, 0.05) is 15.6 Å². The maximum atomic E-state index is 6.06. The molecule has 0 N–H and O–H groups in total. The summed E-state index contributed by atoms with van der Waals surface area (Å²) in [7, 11) is 0. The monoisotopic (exact) mass is 358 g/mol. The second-order valence-electron chi connectivity index (χ2n) is 3.48. The first-order valence-electron chi connectivity index (χ1n) is 4.70. The number of hydrogen-bond donors (Lipinski definition) is 0. The summed E-state index contributed by atoms with van der Waals surface area (Å²) in [5, 5.41) is 2.12. The summed E-state index contributed by atoms with van der Waals surface area (Å²) in [6, 6.07) is 5.10. The van der Waals surface area contributed by atoms with Gasteiger partial charge in [0.05, 0.1) is 20.1 Å². The molecule has 0 saturated carbocycles. The van der Waals surface area contributed by atoms with E-state index in [0.29, 0.717) is 25.7 Å². The van der Waals surface area contributed by atoms with E-state index in [2.05, 4.69) is 0 Å². The van der Waals surface area contributed by atoms with Crippen molar-refractivity contribution in [1.29, 1.82) is 0 Å². The third-order valence-electron chi connectivity index (χ3n) is 2.31. The Kier molecular flexibility index (Phi) is 4.59. The van der Waals surface area contributed by atoms with Crippen LogP contribution in [0.25, 0.3) is 6.08 Å². The van der Waals surface area contributed by atoms with E-state index in [4.69, 9.17) is 69.6 Å². The minimum absolute atomic E-state index is 0.236. The van der Waals surface area contributed by atoms with Crippen molar-refractivity contribution in [2.75, 3.05) is 0 Å². The minimum atomic E-state index is 0.236. The van der Waals surface area contributed by atoms with Gasteiger partial charge in [0.2, 0.25) is 0 Å². The van der Waals surface area contributed by atoms with Crippen molar-refractivity contribution >= 4 is 75.7 Å². The summed E-state index contributed by atoms with van der Waals surface area (Å²) in [6.45, 7) is 0. The third kappa shape index (κ3) is 2.70. The molecule has 0 aliphatic heterocycles. The normalized spacial score (nSPS) is 15.8. The predicted molar refractivity (Wildman–Crippen MR) is 81.9 cm³/mol. The first-order valence-corrected chi connectivity index (χ1v) is 6.97. The van der Waals surface area contributed by atoms with Crippen LogP contribution in [0.5, 0.6) is 0 Å². The van der Waals surface area contributed by atoms with Crippen LogP contribution in [0.2, 0.25) is 10.0 Å². The molecule has 0 nitrogen and oxygen atoms in total. The zero-order valence-electron chi connectivity index (χ0n) is 8.58. The molecule has 0 bridgehead atoms. The Morgan fingerprint density at radius 2 is 1.28 bits per heavy atom. The van der Waals surface area contributed by atoms with Crippen molar-refractivity contribution in [2.45, 2.75) is 0 Å². The Hall–Kier alpha value is 0.180. The number of rotatable bonds is 1. The van der Waals surface area contributed by atoms with E-state index in [9.17, 15) is 0 Å². The number of allylic oxidation sites excluding steroid dienone is 5. The fraction of sp³-hybridized carbons (Fsp3) is 0. The average molecular weight is 361 g/mol. The molecule has 0 fully saturated rings. The summed E-state index contributed by atoms with van der Waals surface area (Å²) in [6.07, 6.45) is 1.71. The fourth-order valence-corrected chi connectivity index (χ4v) is 2.91. The van der Waals surface area contributed by atoms with Gasteiger partial charge in [-0.3, -0.25) is 0 Å². The molecular formula is C12H4Cl6. The van der Waals surface area contributed by atoms with Crippen LogP contribution in [0.1, 0.15) is 5.56 Å². The van der Waals surface area contributed by atoms with Crippen molar-refractivity contribution in [1.82, 2.24) is 0 Å². The van der Waals surface area contributed by atoms with Gasteiger partial charge in [0.25, 0.3) is 0 Å². The van der Waals surface area contributed by atoms with Crippen LogP contribution in [-0.2, 0) is 0 Å². The van der Waals surface area contributed by atoms with E-state index < -0.39 is 0 Å². The lowest BCUT2D eigenvalue weighted by Gasteiger charge is -2.03. The van der Waals surface area contributed by atoms with Gasteiger partial charge in [-0.25, -0.2) is 0 Å². The SMILES string of the molecule is ClC1=C(Cl)C(Cl)=C(Cl)C1=Cc1ccc(Cl)cc1Cl. The van der Waals surface area contributed by atoms with E-state index in [0.717, 1.165) is 5.56 Å². The van der Waals surface area contributed by atoms with Gasteiger partial charge in [-0.2, -0.15) is 0 Å². The molecule has 1 aromatic rings. The molecule has 1 aromatic carbocycles. The number of halogens is 6. The molecule has 0 unspecified atom stereocenters. The minimum Gasteiger partial charge on any atom is -0.0843 e. The molecule has 0 saturated heterocycles. The standard InChI is InChI=1S/C12H4Cl6/c13-6-2-1-5(8(14)4-6)3-7-9(15)11(17)12(18)10(7)16/h1-4H. The van der Waals surface area contributed by atoms with Crippen LogP contribution in [-0.4, -0.2) is 0 Å². The lowest BCUT2D eigenvalue weighted by atomic mass is 10.1. The quantitative estimate of drug-likeness (QED) is 0.518. The maximum Gasteiger partial charge on any atom is 0.0800 e. The zero-order valence-corrected chi connectivity index (χ0v) is 13.1. The molecule has 6 heteroatoms. The van der Waals surface area contributed by atoms with Crippen molar-refractivity contribution in [3.8, 4) is 0 Å². The van der Waals surface area contributed by atoms with E-state index in [1.54, 1.807) is 24.3 Å². The largest absolute Gasteiger partial charge is 0.0843 e. The molecule has 2 rings (SSSR count). The van der Waals surface area contributed by atoms with Crippen LogP contribution in [0.4, 0.5) is 0 Å². The van der Waals surface area contributed by atoms with Gasteiger partial charge in [0.15, 0.2) is 0 Å². The van der Waals surface area contributed by atoms with Gasteiger partial charge in [-0.15, -0.1) is 0 Å². The predicted octanol–water partition coefficient (Wildman–Crippen LogP) is 6.77. The van der Waals surface area contributed by atoms with Gasteiger partial charge in [0.1, 0.15) is 0 Å². The van der Waals surface area contributed by atoms with Crippen LogP contribution < -0.4 is 0 Å². The molecule has 0 spiro atoms. The van der Waals surface area contributed by atoms with Crippen LogP contribution >= 0.6 is 69.6 Å². The van der Waals surface area contributed by atoms with E-state index in [1.165, 1.54) is 0 Å². The van der Waals surface area contributed by atoms with Gasteiger partial charge in [-0.1, -0.05) is 75.7 Å². The van der Waals surface area contributed by atoms with Crippen LogP contribution in [0.3, 0.4) is 0 Å². The molecule has 0 aromatic heterocycles. The van der Waals surface area contributed by atoms with Crippen molar-refractivity contribution in [3.63, 3.8) is 0 Å². The highest BCUT2D eigenvalue weighted by Crippen LogP contribution is 2.45. The fourth-order valence-electron chi connectivity index (χ4n) is 1.43. The van der Waals surface area contributed by atoms with Gasteiger partial charge < -0.3 is 0 Å². The highest BCUT2D eigenvalue weighted by Gasteiger charge is 2.25. The summed E-state index contributed by atoms with van der Waals surface area (Å²) in [4.78, 5) is 0. The summed E-state index contributed by atoms with van der Waals surface area (Å²) < 4.78 is 0. The summed E-state index contributed by atoms with van der Waals surface area (Å²) in [5.74, 6) is 0. The molecule has 0 radical (unpaired) electrons. The lowest BCUT2D eigenvalue weighted by molar-refractivity contribution is 1.62. The second-order valence-corrected chi connectivity index (χ2v) is 5.84. The van der Waals surface area contributed by atoms with E-state index in [-0.39, 0.29) is 10.1 Å². The topological polar surface area (TPSA) is 0 Å². The highest BCUT2D eigenvalue weighted by molar-refractivity contribution is 6.55. The van der Waals surface area contributed by atoms with Gasteiger partial charge in [-0.05, 0) is 23.8 Å². The molecule has 0 heterocycles. The second kappa shape index (κ2) is 5.66. The summed E-state index contributed by atoms with van der Waals surface area (Å²) >= 11 is 35.8. The molecule has 0 atom stereocenters. The third-order valence-corrected chi connectivity index (χ3v) is 4.71. The smallest absolute Gasteiger partial charge is 0.0800 e. The van der Waals surface area contributed by atoms with Crippen LogP contribution in [0.15, 0.2) is 43.9 Å². The number of hydrogen-bond acceptors (Lipinski definition) is 0. The molecular weight excluding hydrogens is 357 g/mol. The molecule has 18 heavy (non-hydrogen) atoms. The average Bonchev–Trinajstić information content (AvgIpc) is 2.50. The number of benzene rings is 1. The summed E-state index contributed by atoms with van der Waals surface area (Å²) in [5.41, 5.74) is 1.26. The van der Waals surface area contributed by atoms with Crippen molar-refractivity contribution in [3.05, 3.63) is 59.5 Å². The maximum absolute atomic E-state index is 6.06. The Morgan fingerprint density at radius 3 is 1.78 bits per heavy atom. The van der Waals surface area contributed by atoms with Crippen LogP contribution in [0, 0.1) is 0 Å². The lowest BCUT2D eigenvalue weighted by Crippen LogP contribution is -1.82. The first kappa shape index (κ1) is 14.6. The highest BCUT2D eigenvalue weighted by atomic mass is 35.5. The molecule has 1 aliphatic rings. The Bertz CT molecular complexity index is 583. The molecule has 0 amide bonds. The van der Waals surface area contributed by atoms with Gasteiger partial charge >= 0.3 is 0 Å². The van der Waals surface area contributed by atoms with E-state index in [1.807, 2.05) is 0 Å². The van der Waals surface area contributed by atoms with Crippen molar-refractivity contribution < 1.29 is 0 Å². The molecule has 94 valence electrons. The zero-order chi connectivity index (χ0) is 13.4. The van der Waals surface area contributed by atoms with E-state index >= 15 is 0 Å². The first-order chi connectivity index (χ1) is 8.41. The molecule has 1 aliphatic carbocycles.